The van der Waals surface area contributed by atoms with Crippen molar-refractivity contribution >= 4 is 35.0 Å². The van der Waals surface area contributed by atoms with Gasteiger partial charge in [-0.3, -0.25) is 14.4 Å². The van der Waals surface area contributed by atoms with E-state index >= 15 is 0 Å². The van der Waals surface area contributed by atoms with Crippen LogP contribution in [0.5, 0.6) is 11.5 Å². The van der Waals surface area contributed by atoms with Crippen molar-refractivity contribution in [3.05, 3.63) is 99.1 Å². The molecule has 50 heavy (non-hydrogen) atoms. The average molecular weight is 700 g/mol. The standard InChI is InChI=1S/C40H46ClN3O6/c1-25-19-36(41)38(20-26(25)2)50-18-17-49-34-13-9-30(10-14-34)35-21-32-23-43(27(3)45)24-37(42-32)39(35)40(47)44(33-11-12-33)22-31-8-6-5-7-29(31)15-16-48-28(4)46/h5-10,13-14,19-20,32-33,37,42H,11-12,15-18,21-24H2,1-4H3/t32-,37-/m1/s1. The Bertz CT molecular complexity index is 1770. The number of nitrogens with one attached hydrogen (secondary N) is 1. The molecule has 264 valence electrons. The maximum absolute atomic E-state index is 14.8. The van der Waals surface area contributed by atoms with Gasteiger partial charge in [0, 0.05) is 57.6 Å². The number of fused-ring (bicyclic) bond motifs is 2. The van der Waals surface area contributed by atoms with E-state index in [-0.39, 0.29) is 35.9 Å². The lowest BCUT2D eigenvalue weighted by Gasteiger charge is -2.44. The van der Waals surface area contributed by atoms with Crippen LogP contribution in [0.1, 0.15) is 60.9 Å². The Morgan fingerprint density at radius 1 is 0.900 bits per heavy atom. The van der Waals surface area contributed by atoms with Crippen molar-refractivity contribution in [1.82, 2.24) is 15.1 Å². The number of carbonyl (C=O) groups is 3. The lowest BCUT2D eigenvalue weighted by Crippen LogP contribution is -2.61. The van der Waals surface area contributed by atoms with Gasteiger partial charge in [0.05, 0.1) is 17.7 Å². The van der Waals surface area contributed by atoms with Crippen LogP contribution in [0.4, 0.5) is 0 Å². The molecule has 2 heterocycles. The summed E-state index contributed by atoms with van der Waals surface area (Å²) < 4.78 is 17.1. The third kappa shape index (κ3) is 8.50. The normalized spacial score (nSPS) is 18.5. The van der Waals surface area contributed by atoms with Crippen LogP contribution in [0.3, 0.4) is 0 Å². The molecular weight excluding hydrogens is 654 g/mol. The van der Waals surface area contributed by atoms with Gasteiger partial charge in [-0.05, 0) is 90.8 Å². The van der Waals surface area contributed by atoms with Gasteiger partial charge < -0.3 is 29.3 Å². The van der Waals surface area contributed by atoms with Crippen molar-refractivity contribution in [1.29, 1.82) is 0 Å². The summed E-state index contributed by atoms with van der Waals surface area (Å²) in [5, 5.41) is 4.25. The first kappa shape index (κ1) is 35.5. The highest BCUT2D eigenvalue weighted by molar-refractivity contribution is 6.32. The second kappa shape index (κ2) is 15.7. The van der Waals surface area contributed by atoms with E-state index in [9.17, 15) is 14.4 Å². The number of esters is 1. The second-order valence-corrected chi connectivity index (χ2v) is 14.0. The van der Waals surface area contributed by atoms with Crippen molar-refractivity contribution in [2.24, 2.45) is 0 Å². The monoisotopic (exact) mass is 699 g/mol. The number of benzene rings is 3. The van der Waals surface area contributed by atoms with Crippen molar-refractivity contribution in [2.75, 3.05) is 32.9 Å². The molecule has 2 bridgehead atoms. The topological polar surface area (TPSA) is 97.4 Å². The van der Waals surface area contributed by atoms with E-state index in [0.717, 1.165) is 51.8 Å². The molecule has 6 rings (SSSR count). The van der Waals surface area contributed by atoms with Gasteiger partial charge in [0.2, 0.25) is 5.91 Å². The maximum atomic E-state index is 14.8. The minimum atomic E-state index is -0.306. The summed E-state index contributed by atoms with van der Waals surface area (Å²) in [5.41, 5.74) is 7.05. The molecule has 1 aliphatic carbocycles. The molecule has 2 amide bonds. The molecule has 3 aromatic rings. The number of nitrogens with zero attached hydrogens (tertiary/aromatic N) is 2. The molecule has 2 atom stereocenters. The maximum Gasteiger partial charge on any atom is 0.302 e. The van der Waals surface area contributed by atoms with Crippen LogP contribution < -0.4 is 14.8 Å². The van der Waals surface area contributed by atoms with Gasteiger partial charge in [0.25, 0.3) is 5.91 Å². The first-order chi connectivity index (χ1) is 24.1. The van der Waals surface area contributed by atoms with Crippen LogP contribution in [0, 0.1) is 13.8 Å². The van der Waals surface area contributed by atoms with Crippen molar-refractivity contribution in [3.8, 4) is 11.5 Å². The molecule has 0 radical (unpaired) electrons. The summed E-state index contributed by atoms with van der Waals surface area (Å²) in [5.74, 6) is 1.06. The number of rotatable bonds is 13. The lowest BCUT2D eigenvalue weighted by molar-refractivity contribution is -0.140. The quantitative estimate of drug-likeness (QED) is 0.171. The fourth-order valence-corrected chi connectivity index (χ4v) is 7.18. The Labute approximate surface area is 299 Å². The number of carbonyl (C=O) groups excluding carboxylic acids is 3. The Kier molecular flexibility index (Phi) is 11.1. The highest BCUT2D eigenvalue weighted by Crippen LogP contribution is 2.38. The van der Waals surface area contributed by atoms with Gasteiger partial charge in [0.15, 0.2) is 0 Å². The van der Waals surface area contributed by atoms with Crippen molar-refractivity contribution in [3.63, 3.8) is 0 Å². The highest BCUT2D eigenvalue weighted by atomic mass is 35.5. The Morgan fingerprint density at radius 3 is 2.30 bits per heavy atom. The number of hydrogen-bond donors (Lipinski definition) is 1. The predicted octanol–water partition coefficient (Wildman–Crippen LogP) is 6.06. The van der Waals surface area contributed by atoms with Crippen LogP contribution in [0.2, 0.25) is 5.02 Å². The van der Waals surface area contributed by atoms with Crippen LogP contribution in [-0.4, -0.2) is 78.6 Å². The molecule has 2 aliphatic heterocycles. The van der Waals surface area contributed by atoms with Gasteiger partial charge in [-0.1, -0.05) is 48.0 Å². The largest absolute Gasteiger partial charge is 0.490 e. The first-order valence-electron chi connectivity index (χ1n) is 17.5. The first-order valence-corrected chi connectivity index (χ1v) is 17.8. The van der Waals surface area contributed by atoms with Crippen molar-refractivity contribution < 1.29 is 28.6 Å². The molecule has 3 aromatic carbocycles. The van der Waals surface area contributed by atoms with Crippen LogP contribution in [0.15, 0.2) is 66.2 Å². The summed E-state index contributed by atoms with van der Waals surface area (Å²) in [6, 6.07) is 19.7. The summed E-state index contributed by atoms with van der Waals surface area (Å²) in [4.78, 5) is 42.6. The Morgan fingerprint density at radius 2 is 1.60 bits per heavy atom. The zero-order valence-electron chi connectivity index (χ0n) is 29.3. The fraction of sp³-hybridized carbons (Fsp3) is 0.425. The predicted molar refractivity (Wildman–Crippen MR) is 193 cm³/mol. The Hall–Kier alpha value is -4.34. The number of halogens is 1. The SMILES string of the molecule is CC(=O)OCCc1ccccc1CN(C(=O)C1=C(c2ccc(OCCOc3cc(C)c(C)cc3Cl)cc2)C[C@@H]2CN(C(C)=O)C[C@H]1N2)C1CC1. The summed E-state index contributed by atoms with van der Waals surface area (Å²) in [6.07, 6.45) is 3.12. The van der Waals surface area contributed by atoms with Crippen LogP contribution >= 0.6 is 11.6 Å². The third-order valence-electron chi connectivity index (χ3n) is 9.83. The molecule has 1 N–H and O–H groups in total. The molecule has 10 heteroatoms. The molecule has 0 aromatic heterocycles. The molecular formula is C40H46ClN3O6. The van der Waals surface area contributed by atoms with E-state index in [1.807, 2.05) is 78.2 Å². The van der Waals surface area contributed by atoms with Crippen molar-refractivity contribution in [2.45, 2.75) is 78.0 Å². The summed E-state index contributed by atoms with van der Waals surface area (Å²) >= 11 is 6.36. The minimum absolute atomic E-state index is 0.00104. The average Bonchev–Trinajstić information content (AvgIpc) is 3.93. The van der Waals surface area contributed by atoms with E-state index in [1.165, 1.54) is 6.92 Å². The van der Waals surface area contributed by atoms with Gasteiger partial charge in [-0.15, -0.1) is 0 Å². The van der Waals surface area contributed by atoms with Gasteiger partial charge >= 0.3 is 5.97 Å². The summed E-state index contributed by atoms with van der Waals surface area (Å²) in [6.45, 7) is 9.55. The lowest BCUT2D eigenvalue weighted by atomic mass is 9.82. The molecule has 1 saturated carbocycles. The molecule has 1 saturated heterocycles. The number of ether oxygens (including phenoxy) is 3. The number of piperazine rings is 1. The van der Waals surface area contributed by atoms with E-state index in [4.69, 9.17) is 25.8 Å². The molecule has 0 spiro atoms. The molecule has 9 nitrogen and oxygen atoms in total. The third-order valence-corrected chi connectivity index (χ3v) is 10.1. The Balaban J connectivity index is 1.22. The number of aryl methyl sites for hydroxylation is 2. The van der Waals surface area contributed by atoms with E-state index in [0.29, 0.717) is 68.8 Å². The van der Waals surface area contributed by atoms with Gasteiger partial charge in [-0.2, -0.15) is 0 Å². The highest BCUT2D eigenvalue weighted by Gasteiger charge is 2.43. The van der Waals surface area contributed by atoms with E-state index in [2.05, 4.69) is 11.4 Å². The minimum Gasteiger partial charge on any atom is -0.490 e. The van der Waals surface area contributed by atoms with Gasteiger partial charge in [0.1, 0.15) is 24.7 Å². The summed E-state index contributed by atoms with van der Waals surface area (Å²) in [7, 11) is 0. The zero-order chi connectivity index (χ0) is 35.4. The van der Waals surface area contributed by atoms with Crippen LogP contribution in [0.25, 0.3) is 5.57 Å². The molecule has 2 fully saturated rings. The number of amides is 2. The second-order valence-electron chi connectivity index (χ2n) is 13.5. The van der Waals surface area contributed by atoms with E-state index in [1.54, 1.807) is 6.92 Å². The van der Waals surface area contributed by atoms with E-state index < -0.39 is 0 Å². The molecule has 3 aliphatic rings. The van der Waals surface area contributed by atoms with Crippen LogP contribution in [-0.2, 0) is 32.1 Å². The smallest absolute Gasteiger partial charge is 0.302 e. The zero-order valence-corrected chi connectivity index (χ0v) is 30.1. The number of hydrogen-bond acceptors (Lipinski definition) is 7. The molecule has 0 unspecified atom stereocenters. The van der Waals surface area contributed by atoms with Gasteiger partial charge in [-0.25, -0.2) is 0 Å². The fourth-order valence-electron chi connectivity index (χ4n) is 6.90.